The Morgan fingerprint density at radius 2 is 1.87 bits per heavy atom. The molecule has 1 aromatic heterocycles. The Kier molecular flexibility index (Phi) is 5.55. The van der Waals surface area contributed by atoms with Gasteiger partial charge in [0.15, 0.2) is 5.92 Å². The van der Waals surface area contributed by atoms with Crippen molar-refractivity contribution in [1.82, 2.24) is 9.55 Å². The van der Waals surface area contributed by atoms with E-state index >= 15 is 0 Å². The molecule has 0 N–H and O–H groups in total. The number of aryl methyl sites for hydroxylation is 1. The van der Waals surface area contributed by atoms with Crippen molar-refractivity contribution in [1.29, 1.82) is 0 Å². The van der Waals surface area contributed by atoms with Gasteiger partial charge >= 0.3 is 5.97 Å². The van der Waals surface area contributed by atoms with Gasteiger partial charge in [0, 0.05) is 7.11 Å². The molecule has 1 aliphatic rings. The number of fused-ring (bicyclic) bond motifs is 3. The van der Waals surface area contributed by atoms with Crippen molar-refractivity contribution < 1.29 is 19.1 Å². The molecule has 0 fully saturated rings. The predicted octanol–water partition coefficient (Wildman–Crippen LogP) is 3.11. The summed E-state index contributed by atoms with van der Waals surface area (Å²) in [7, 11) is 1.58. The molecule has 1 amide bonds. The maximum absolute atomic E-state index is 13.6. The van der Waals surface area contributed by atoms with Crippen LogP contribution in [0.25, 0.3) is 11.0 Å². The molecule has 0 saturated heterocycles. The number of carbonyl (C=O) groups excluding carboxylic acids is 2. The number of ether oxygens (including phenoxy) is 2. The second-order valence-corrected chi connectivity index (χ2v) is 7.28. The number of aromatic nitrogens is 2. The first kappa shape index (κ1) is 20.1. The van der Waals surface area contributed by atoms with E-state index < -0.39 is 17.9 Å². The van der Waals surface area contributed by atoms with Crippen molar-refractivity contribution in [2.24, 2.45) is 5.92 Å². The summed E-state index contributed by atoms with van der Waals surface area (Å²) in [6.07, 6.45) is 0. The molecule has 2 aromatic carbocycles. The molecular formula is C23H25N3O4. The number of nitrogens with zero attached hydrogens (tertiary/aromatic N) is 3. The average molecular weight is 407 g/mol. The Labute approximate surface area is 175 Å². The number of amides is 1. The van der Waals surface area contributed by atoms with Crippen LogP contribution >= 0.6 is 0 Å². The predicted molar refractivity (Wildman–Crippen MR) is 113 cm³/mol. The van der Waals surface area contributed by atoms with Crippen LogP contribution in [0.3, 0.4) is 0 Å². The fraction of sp³-hybridized carbons (Fsp3) is 0.348. The molecule has 0 radical (unpaired) electrons. The number of rotatable bonds is 6. The number of carbonyl (C=O) groups is 2. The highest BCUT2D eigenvalue weighted by atomic mass is 16.5. The zero-order chi connectivity index (χ0) is 21.3. The van der Waals surface area contributed by atoms with Crippen LogP contribution in [-0.4, -0.2) is 48.3 Å². The van der Waals surface area contributed by atoms with Gasteiger partial charge in [-0.1, -0.05) is 36.4 Å². The third kappa shape index (κ3) is 3.25. The second kappa shape index (κ2) is 8.28. The Balaban J connectivity index is 2.00. The molecule has 0 spiro atoms. The summed E-state index contributed by atoms with van der Waals surface area (Å²) >= 11 is 0. The van der Waals surface area contributed by atoms with E-state index in [4.69, 9.17) is 14.5 Å². The highest BCUT2D eigenvalue weighted by molar-refractivity contribution is 6.08. The highest BCUT2D eigenvalue weighted by Crippen LogP contribution is 2.41. The molecule has 3 aromatic rings. The van der Waals surface area contributed by atoms with Gasteiger partial charge in [0.25, 0.3) is 0 Å². The molecule has 2 atom stereocenters. The van der Waals surface area contributed by atoms with Crippen LogP contribution in [0.2, 0.25) is 0 Å². The molecule has 0 bridgehead atoms. The minimum Gasteiger partial charge on any atom is -0.465 e. The zero-order valence-electron chi connectivity index (χ0n) is 17.4. The number of hydrogen-bond acceptors (Lipinski definition) is 5. The van der Waals surface area contributed by atoms with Gasteiger partial charge in [-0.15, -0.1) is 0 Å². The first-order valence-electron chi connectivity index (χ1n) is 10.1. The number of para-hydroxylation sites is 2. The van der Waals surface area contributed by atoms with E-state index in [9.17, 15) is 9.59 Å². The van der Waals surface area contributed by atoms with E-state index in [1.165, 1.54) is 0 Å². The van der Waals surface area contributed by atoms with E-state index in [0.717, 1.165) is 22.2 Å². The van der Waals surface area contributed by atoms with Gasteiger partial charge in [-0.25, -0.2) is 4.98 Å². The summed E-state index contributed by atoms with van der Waals surface area (Å²) in [4.78, 5) is 32.9. The Bertz CT molecular complexity index is 1090. The molecule has 30 heavy (non-hydrogen) atoms. The lowest BCUT2D eigenvalue weighted by Gasteiger charge is -2.38. The van der Waals surface area contributed by atoms with Crippen LogP contribution in [0, 0.1) is 12.8 Å². The van der Waals surface area contributed by atoms with Crippen LogP contribution in [0.15, 0.2) is 48.5 Å². The molecule has 7 nitrogen and oxygen atoms in total. The topological polar surface area (TPSA) is 73.7 Å². The first-order chi connectivity index (χ1) is 14.6. The molecule has 1 aliphatic heterocycles. The van der Waals surface area contributed by atoms with Crippen LogP contribution in [0.4, 0.5) is 5.95 Å². The first-order valence-corrected chi connectivity index (χ1v) is 10.1. The molecule has 4 rings (SSSR count). The summed E-state index contributed by atoms with van der Waals surface area (Å²) in [5, 5.41) is 0. The number of esters is 1. The van der Waals surface area contributed by atoms with E-state index in [-0.39, 0.29) is 12.5 Å². The minimum atomic E-state index is -1.01. The number of benzene rings is 2. The number of imidazole rings is 1. The Morgan fingerprint density at radius 1 is 1.13 bits per heavy atom. The summed E-state index contributed by atoms with van der Waals surface area (Å²) in [6.45, 7) is 4.57. The Morgan fingerprint density at radius 3 is 2.60 bits per heavy atom. The lowest BCUT2D eigenvalue weighted by atomic mass is 9.87. The highest BCUT2D eigenvalue weighted by Gasteiger charge is 2.48. The van der Waals surface area contributed by atoms with Crippen molar-refractivity contribution in [3.05, 3.63) is 59.7 Å². The smallest absolute Gasteiger partial charge is 0.321 e. The normalized spacial score (nSPS) is 18.5. The summed E-state index contributed by atoms with van der Waals surface area (Å²) in [6, 6.07) is 15.0. The van der Waals surface area contributed by atoms with Crippen molar-refractivity contribution in [2.45, 2.75) is 19.9 Å². The van der Waals surface area contributed by atoms with Crippen LogP contribution < -0.4 is 4.90 Å². The lowest BCUT2D eigenvalue weighted by molar-refractivity contribution is -0.153. The maximum atomic E-state index is 13.6. The largest absolute Gasteiger partial charge is 0.465 e. The quantitative estimate of drug-likeness (QED) is 0.464. The SMILES string of the molecule is CCOC(=O)[C@H]1C(=O)N(CCOC)c2nc3ccccc3n2[C@@H]1c1ccccc1C. The fourth-order valence-corrected chi connectivity index (χ4v) is 4.14. The van der Waals surface area contributed by atoms with Gasteiger partial charge in [-0.3, -0.25) is 14.5 Å². The molecule has 156 valence electrons. The van der Waals surface area contributed by atoms with Crippen molar-refractivity contribution in [3.8, 4) is 0 Å². The molecular weight excluding hydrogens is 382 g/mol. The van der Waals surface area contributed by atoms with E-state index in [0.29, 0.717) is 19.1 Å². The van der Waals surface area contributed by atoms with Crippen molar-refractivity contribution in [3.63, 3.8) is 0 Å². The number of methoxy groups -OCH3 is 1. The monoisotopic (exact) mass is 407 g/mol. The third-order valence-corrected chi connectivity index (χ3v) is 5.51. The van der Waals surface area contributed by atoms with Crippen molar-refractivity contribution in [2.75, 3.05) is 31.8 Å². The summed E-state index contributed by atoms with van der Waals surface area (Å²) in [5.74, 6) is -1.33. The van der Waals surface area contributed by atoms with E-state index in [1.54, 1.807) is 18.9 Å². The average Bonchev–Trinajstić information content (AvgIpc) is 3.12. The minimum absolute atomic E-state index is 0.207. The summed E-state index contributed by atoms with van der Waals surface area (Å²) in [5.41, 5.74) is 3.54. The molecule has 0 saturated carbocycles. The molecule has 7 heteroatoms. The number of anilines is 1. The van der Waals surface area contributed by atoms with Crippen LogP contribution in [-0.2, 0) is 19.1 Å². The van der Waals surface area contributed by atoms with Crippen LogP contribution in [0.5, 0.6) is 0 Å². The lowest BCUT2D eigenvalue weighted by Crippen LogP contribution is -2.51. The maximum Gasteiger partial charge on any atom is 0.321 e. The molecule has 0 aliphatic carbocycles. The van der Waals surface area contributed by atoms with Gasteiger partial charge in [-0.05, 0) is 37.1 Å². The number of hydrogen-bond donors (Lipinski definition) is 0. The molecule has 2 heterocycles. The van der Waals surface area contributed by atoms with Gasteiger partial charge in [0.05, 0.1) is 36.8 Å². The van der Waals surface area contributed by atoms with Gasteiger partial charge < -0.3 is 14.0 Å². The van der Waals surface area contributed by atoms with Crippen LogP contribution in [0.1, 0.15) is 24.1 Å². The standard InChI is InChI=1S/C23H25N3O4/c1-4-30-22(28)19-20(16-10-6-5-9-15(16)2)26-18-12-8-7-11-17(18)24-23(26)25(21(19)27)13-14-29-3/h5-12,19-20H,4,13-14H2,1-3H3/t19-,20-/m1/s1. The van der Waals surface area contributed by atoms with Gasteiger partial charge in [0.1, 0.15) is 0 Å². The molecule has 0 unspecified atom stereocenters. The second-order valence-electron chi connectivity index (χ2n) is 7.28. The summed E-state index contributed by atoms with van der Waals surface area (Å²) < 4.78 is 12.6. The van der Waals surface area contributed by atoms with Gasteiger partial charge in [-0.2, -0.15) is 0 Å². The fourth-order valence-electron chi connectivity index (χ4n) is 4.14. The third-order valence-electron chi connectivity index (χ3n) is 5.51. The van der Waals surface area contributed by atoms with E-state index in [2.05, 4.69) is 0 Å². The van der Waals surface area contributed by atoms with Crippen molar-refractivity contribution >= 4 is 28.9 Å². The zero-order valence-corrected chi connectivity index (χ0v) is 17.4. The van der Waals surface area contributed by atoms with Gasteiger partial charge in [0.2, 0.25) is 11.9 Å². The Hall–Kier alpha value is -3.19. The van der Waals surface area contributed by atoms with E-state index in [1.807, 2.05) is 60.0 Å².